The average molecular weight is 322 g/mol. The van der Waals surface area contributed by atoms with E-state index in [4.69, 9.17) is 9.72 Å². The van der Waals surface area contributed by atoms with Crippen molar-refractivity contribution in [2.24, 2.45) is 7.05 Å². The van der Waals surface area contributed by atoms with Crippen LogP contribution < -0.4 is 4.90 Å². The van der Waals surface area contributed by atoms with Crippen molar-refractivity contribution in [3.05, 3.63) is 54.0 Å². The summed E-state index contributed by atoms with van der Waals surface area (Å²) in [6, 6.07) is 10.6. The van der Waals surface area contributed by atoms with Crippen molar-refractivity contribution in [2.75, 3.05) is 31.2 Å². The summed E-state index contributed by atoms with van der Waals surface area (Å²) in [6.45, 7) is 3.24. The minimum atomic E-state index is 0.754. The van der Waals surface area contributed by atoms with Crippen LogP contribution in [0.25, 0.3) is 10.9 Å². The Kier molecular flexibility index (Phi) is 4.17. The Hall–Kier alpha value is -2.40. The van der Waals surface area contributed by atoms with E-state index >= 15 is 0 Å². The predicted molar refractivity (Wildman–Crippen MR) is 95.4 cm³/mol. The molecule has 1 fully saturated rings. The molecule has 124 valence electrons. The molecule has 5 nitrogen and oxygen atoms in total. The minimum absolute atomic E-state index is 0.754. The lowest BCUT2D eigenvalue weighted by Gasteiger charge is -2.26. The van der Waals surface area contributed by atoms with E-state index in [0.29, 0.717) is 0 Å². The third-order valence-corrected chi connectivity index (χ3v) is 4.62. The van der Waals surface area contributed by atoms with Gasteiger partial charge in [-0.1, -0.05) is 18.2 Å². The van der Waals surface area contributed by atoms with Crippen molar-refractivity contribution in [1.82, 2.24) is 14.5 Å². The highest BCUT2D eigenvalue weighted by Gasteiger charge is 2.14. The van der Waals surface area contributed by atoms with Crippen LogP contribution in [-0.2, 0) is 24.6 Å². The minimum Gasteiger partial charge on any atom is -0.378 e. The molecule has 1 saturated heterocycles. The molecular weight excluding hydrogens is 300 g/mol. The Morgan fingerprint density at radius 3 is 2.79 bits per heavy atom. The molecule has 3 heterocycles. The van der Waals surface area contributed by atoms with Crippen LogP contribution in [-0.4, -0.2) is 40.8 Å². The first-order chi connectivity index (χ1) is 11.8. The summed E-state index contributed by atoms with van der Waals surface area (Å²) in [5.41, 5.74) is 3.75. The molecule has 0 aliphatic carbocycles. The molecule has 0 atom stereocenters. The van der Waals surface area contributed by atoms with E-state index in [0.717, 1.165) is 50.8 Å². The number of aromatic nitrogens is 3. The second kappa shape index (κ2) is 6.61. The molecule has 0 N–H and O–H groups in total. The van der Waals surface area contributed by atoms with Crippen LogP contribution >= 0.6 is 0 Å². The summed E-state index contributed by atoms with van der Waals surface area (Å²) >= 11 is 0. The van der Waals surface area contributed by atoms with Gasteiger partial charge in [-0.2, -0.15) is 0 Å². The lowest BCUT2D eigenvalue weighted by Crippen LogP contribution is -2.37. The monoisotopic (exact) mass is 322 g/mol. The van der Waals surface area contributed by atoms with Gasteiger partial charge in [0.25, 0.3) is 0 Å². The highest BCUT2D eigenvalue weighted by Crippen LogP contribution is 2.21. The summed E-state index contributed by atoms with van der Waals surface area (Å²) in [5, 5.41) is 1.34. The lowest BCUT2D eigenvalue weighted by atomic mass is 10.1. The first kappa shape index (κ1) is 15.1. The largest absolute Gasteiger partial charge is 0.378 e. The third-order valence-electron chi connectivity index (χ3n) is 4.62. The van der Waals surface area contributed by atoms with Crippen molar-refractivity contribution < 1.29 is 4.74 Å². The van der Waals surface area contributed by atoms with Gasteiger partial charge in [-0.15, -0.1) is 0 Å². The first-order valence-electron chi connectivity index (χ1n) is 8.49. The topological polar surface area (TPSA) is 43.2 Å². The number of anilines is 1. The highest BCUT2D eigenvalue weighted by atomic mass is 16.5. The number of aryl methyl sites for hydroxylation is 3. The summed E-state index contributed by atoms with van der Waals surface area (Å²) in [5.74, 6) is 0.828. The smallest absolute Gasteiger partial charge is 0.225 e. The second-order valence-corrected chi connectivity index (χ2v) is 6.23. The van der Waals surface area contributed by atoms with Crippen LogP contribution in [0.15, 0.2) is 42.7 Å². The number of ether oxygens (including phenoxy) is 1. The number of nitrogens with zero attached hydrogens (tertiary/aromatic N) is 4. The first-order valence-corrected chi connectivity index (χ1v) is 8.49. The molecule has 0 bridgehead atoms. The Labute approximate surface area is 141 Å². The van der Waals surface area contributed by atoms with Gasteiger partial charge < -0.3 is 14.2 Å². The van der Waals surface area contributed by atoms with Gasteiger partial charge >= 0.3 is 0 Å². The summed E-state index contributed by atoms with van der Waals surface area (Å²) < 4.78 is 7.60. The van der Waals surface area contributed by atoms with E-state index in [9.17, 15) is 0 Å². The maximum atomic E-state index is 5.40. The molecule has 1 aliphatic heterocycles. The number of fused-ring (bicyclic) bond motifs is 1. The molecule has 3 aromatic rings. The number of rotatable bonds is 4. The van der Waals surface area contributed by atoms with Crippen molar-refractivity contribution in [2.45, 2.75) is 12.8 Å². The molecule has 0 unspecified atom stereocenters. The molecule has 24 heavy (non-hydrogen) atoms. The van der Waals surface area contributed by atoms with Gasteiger partial charge in [-0.05, 0) is 30.5 Å². The molecule has 2 aromatic heterocycles. The van der Waals surface area contributed by atoms with Gasteiger partial charge in [-0.25, -0.2) is 9.97 Å². The number of hydrogen-bond acceptors (Lipinski definition) is 4. The molecular formula is C19H22N4O. The van der Waals surface area contributed by atoms with Gasteiger partial charge in [0.1, 0.15) is 0 Å². The average Bonchev–Trinajstić information content (AvgIpc) is 2.97. The number of para-hydroxylation sites is 1. The van der Waals surface area contributed by atoms with Crippen LogP contribution in [0.3, 0.4) is 0 Å². The van der Waals surface area contributed by atoms with Gasteiger partial charge in [-0.3, -0.25) is 0 Å². The SMILES string of the molecule is Cn1cc(CCc2ccnc(N3CCOCC3)n2)c2ccccc21. The Bertz CT molecular complexity index is 836. The molecule has 0 amide bonds. The van der Waals surface area contributed by atoms with E-state index < -0.39 is 0 Å². The summed E-state index contributed by atoms with van der Waals surface area (Å²) in [7, 11) is 2.10. The van der Waals surface area contributed by atoms with Crippen molar-refractivity contribution in [3.63, 3.8) is 0 Å². The summed E-state index contributed by atoms with van der Waals surface area (Å²) in [4.78, 5) is 11.4. The molecule has 4 rings (SSSR count). The van der Waals surface area contributed by atoms with Gasteiger partial charge in [0, 0.05) is 49.1 Å². The molecule has 0 radical (unpaired) electrons. The number of benzene rings is 1. The highest BCUT2D eigenvalue weighted by molar-refractivity contribution is 5.83. The van der Waals surface area contributed by atoms with Crippen LogP contribution in [0.1, 0.15) is 11.3 Å². The predicted octanol–water partition coefficient (Wildman–Crippen LogP) is 2.59. The second-order valence-electron chi connectivity index (χ2n) is 6.23. The fourth-order valence-corrected chi connectivity index (χ4v) is 3.33. The zero-order chi connectivity index (χ0) is 16.4. The van der Waals surface area contributed by atoms with Gasteiger partial charge in [0.2, 0.25) is 5.95 Å². The number of morpholine rings is 1. The molecule has 0 saturated carbocycles. The lowest BCUT2D eigenvalue weighted by molar-refractivity contribution is 0.122. The standard InChI is InChI=1S/C19H22N4O/c1-22-14-15(17-4-2-3-5-18(17)22)6-7-16-8-9-20-19(21-16)23-10-12-24-13-11-23/h2-5,8-9,14H,6-7,10-13H2,1H3. The van der Waals surface area contributed by atoms with Crippen LogP contribution in [0.5, 0.6) is 0 Å². The molecule has 5 heteroatoms. The fourth-order valence-electron chi connectivity index (χ4n) is 3.33. The Morgan fingerprint density at radius 2 is 1.92 bits per heavy atom. The Balaban J connectivity index is 1.51. The summed E-state index contributed by atoms with van der Waals surface area (Å²) in [6.07, 6.45) is 6.01. The Morgan fingerprint density at radius 1 is 1.08 bits per heavy atom. The van der Waals surface area contributed by atoms with E-state index in [1.807, 2.05) is 12.3 Å². The molecule has 1 aromatic carbocycles. The fraction of sp³-hybridized carbons (Fsp3) is 0.368. The zero-order valence-corrected chi connectivity index (χ0v) is 14.0. The normalized spacial score (nSPS) is 15.1. The van der Waals surface area contributed by atoms with Crippen molar-refractivity contribution in [1.29, 1.82) is 0 Å². The van der Waals surface area contributed by atoms with Crippen molar-refractivity contribution in [3.8, 4) is 0 Å². The van der Waals surface area contributed by atoms with E-state index in [2.05, 4.69) is 52.0 Å². The van der Waals surface area contributed by atoms with E-state index in [1.54, 1.807) is 0 Å². The maximum absolute atomic E-state index is 5.40. The maximum Gasteiger partial charge on any atom is 0.225 e. The third kappa shape index (κ3) is 2.99. The van der Waals surface area contributed by atoms with E-state index in [1.165, 1.54) is 16.5 Å². The number of hydrogen-bond donors (Lipinski definition) is 0. The van der Waals surface area contributed by atoms with Gasteiger partial charge in [0.15, 0.2) is 0 Å². The molecule has 0 spiro atoms. The van der Waals surface area contributed by atoms with Crippen LogP contribution in [0.4, 0.5) is 5.95 Å². The van der Waals surface area contributed by atoms with Crippen LogP contribution in [0.2, 0.25) is 0 Å². The van der Waals surface area contributed by atoms with Gasteiger partial charge in [0.05, 0.1) is 13.2 Å². The quantitative estimate of drug-likeness (QED) is 0.740. The zero-order valence-electron chi connectivity index (χ0n) is 14.0. The molecule has 1 aliphatic rings. The van der Waals surface area contributed by atoms with E-state index in [-0.39, 0.29) is 0 Å². The van der Waals surface area contributed by atoms with Crippen LogP contribution in [0, 0.1) is 0 Å². The van der Waals surface area contributed by atoms with Crippen molar-refractivity contribution >= 4 is 16.9 Å².